The molecule has 2 aromatic heterocycles. The normalized spacial score (nSPS) is 12.4. The maximum absolute atomic E-state index is 13.4. The van der Waals surface area contributed by atoms with E-state index in [0.717, 1.165) is 32.0 Å². The van der Waals surface area contributed by atoms with E-state index in [-0.39, 0.29) is 12.2 Å². The smallest absolute Gasteiger partial charge is 0.189 e. The molecule has 0 spiro atoms. The van der Waals surface area contributed by atoms with Gasteiger partial charge in [0.2, 0.25) is 0 Å². The number of nitrogens with one attached hydrogen (secondary N) is 1. The van der Waals surface area contributed by atoms with Crippen molar-refractivity contribution in [3.05, 3.63) is 88.0 Å². The minimum absolute atomic E-state index is 0.0151. The van der Waals surface area contributed by atoms with Crippen LogP contribution in [0.15, 0.2) is 66.0 Å². The van der Waals surface area contributed by atoms with E-state index in [0.29, 0.717) is 10.8 Å². The van der Waals surface area contributed by atoms with Crippen molar-refractivity contribution in [1.82, 2.24) is 20.6 Å². The first-order valence-electron chi connectivity index (χ1n) is 9.09. The number of nitrogens with zero attached hydrogens (tertiary/aromatic N) is 3. The van der Waals surface area contributed by atoms with Gasteiger partial charge in [-0.1, -0.05) is 59.3 Å². The molecule has 1 unspecified atom stereocenters. The van der Waals surface area contributed by atoms with Crippen LogP contribution < -0.4 is 0 Å². The van der Waals surface area contributed by atoms with Crippen LogP contribution in [0.2, 0.25) is 5.02 Å². The summed E-state index contributed by atoms with van der Waals surface area (Å²) in [6.07, 6.45) is 0.280. The monoisotopic (exact) mass is 418 g/mol. The van der Waals surface area contributed by atoms with E-state index in [1.165, 1.54) is 0 Å². The minimum atomic E-state index is -0.604. The Morgan fingerprint density at radius 3 is 2.76 bits per heavy atom. The number of H-pyrrole nitrogens is 1. The molecule has 1 atom stereocenters. The number of benzene rings is 3. The van der Waals surface area contributed by atoms with Crippen LogP contribution in [-0.2, 0) is 11.2 Å². The quantitative estimate of drug-likeness (QED) is 0.427. The van der Waals surface area contributed by atoms with E-state index in [1.807, 2.05) is 53.9 Å². The van der Waals surface area contributed by atoms with Gasteiger partial charge in [0.1, 0.15) is 5.92 Å². The zero-order chi connectivity index (χ0) is 19.8. The molecule has 5 aromatic rings. The number of ketones is 1. The summed E-state index contributed by atoms with van der Waals surface area (Å²) in [6, 6.07) is 19.9. The zero-order valence-electron chi connectivity index (χ0n) is 15.2. The Kier molecular flexibility index (Phi) is 4.58. The van der Waals surface area contributed by atoms with Gasteiger partial charge in [-0.2, -0.15) is 5.21 Å². The third-order valence-corrected chi connectivity index (χ3v) is 6.23. The molecule has 0 aliphatic rings. The van der Waals surface area contributed by atoms with Gasteiger partial charge >= 0.3 is 0 Å². The van der Waals surface area contributed by atoms with Crippen molar-refractivity contribution in [3.8, 4) is 0 Å². The molecule has 0 radical (unpaired) electrons. The summed E-state index contributed by atoms with van der Waals surface area (Å²) in [5.41, 5.74) is 1.82. The van der Waals surface area contributed by atoms with Crippen molar-refractivity contribution in [2.24, 2.45) is 0 Å². The van der Waals surface area contributed by atoms with Crippen molar-refractivity contribution in [1.29, 1.82) is 0 Å². The second-order valence-electron chi connectivity index (χ2n) is 6.86. The molecule has 142 valence electrons. The van der Waals surface area contributed by atoms with E-state index in [2.05, 4.69) is 32.8 Å². The van der Waals surface area contributed by atoms with Gasteiger partial charge in [0, 0.05) is 16.1 Å². The number of aromatic nitrogens is 4. The van der Waals surface area contributed by atoms with Gasteiger partial charge in [-0.15, -0.1) is 21.5 Å². The first-order chi connectivity index (χ1) is 14.2. The SMILES string of the molecule is O=C(Cc1ccc2ccccc2c1)C(c1nn[nH]n1)c1csc2ccc(Cl)cc12. The molecular weight excluding hydrogens is 404 g/mol. The van der Waals surface area contributed by atoms with E-state index < -0.39 is 5.92 Å². The fourth-order valence-electron chi connectivity index (χ4n) is 3.64. The highest BCUT2D eigenvalue weighted by Gasteiger charge is 2.29. The number of hydrogen-bond acceptors (Lipinski definition) is 5. The first-order valence-corrected chi connectivity index (χ1v) is 10.4. The molecule has 0 saturated heterocycles. The lowest BCUT2D eigenvalue weighted by Gasteiger charge is -2.13. The molecule has 0 fully saturated rings. The molecule has 5 nitrogen and oxygen atoms in total. The Bertz CT molecular complexity index is 1330. The molecule has 0 amide bonds. The van der Waals surface area contributed by atoms with Crippen molar-refractivity contribution in [3.63, 3.8) is 0 Å². The predicted octanol–water partition coefficient (Wildman–Crippen LogP) is 5.16. The van der Waals surface area contributed by atoms with Crippen LogP contribution in [0.25, 0.3) is 20.9 Å². The number of fused-ring (bicyclic) bond motifs is 2. The predicted molar refractivity (Wildman–Crippen MR) is 116 cm³/mol. The summed E-state index contributed by atoms with van der Waals surface area (Å²) in [6.45, 7) is 0. The van der Waals surface area contributed by atoms with Crippen molar-refractivity contribution in [2.45, 2.75) is 12.3 Å². The van der Waals surface area contributed by atoms with E-state index in [1.54, 1.807) is 11.3 Å². The largest absolute Gasteiger partial charge is 0.298 e. The summed E-state index contributed by atoms with van der Waals surface area (Å²) < 4.78 is 1.07. The number of tetrazole rings is 1. The van der Waals surface area contributed by atoms with Gasteiger partial charge < -0.3 is 0 Å². The van der Waals surface area contributed by atoms with Gasteiger partial charge in [0.25, 0.3) is 0 Å². The highest BCUT2D eigenvalue weighted by atomic mass is 35.5. The number of rotatable bonds is 5. The number of aromatic amines is 1. The van der Waals surface area contributed by atoms with Gasteiger partial charge in [-0.05, 0) is 50.9 Å². The number of thiophene rings is 1. The molecule has 3 aromatic carbocycles. The number of Topliss-reactive ketones (excluding diaryl/α,β-unsaturated/α-hetero) is 1. The van der Waals surface area contributed by atoms with Gasteiger partial charge in [0.15, 0.2) is 11.6 Å². The molecule has 2 heterocycles. The lowest BCUT2D eigenvalue weighted by atomic mass is 9.89. The summed E-state index contributed by atoms with van der Waals surface area (Å²) in [5, 5.41) is 20.2. The van der Waals surface area contributed by atoms with Crippen LogP contribution in [-0.4, -0.2) is 26.4 Å². The number of carbonyl (C=O) groups is 1. The third-order valence-electron chi connectivity index (χ3n) is 5.01. The summed E-state index contributed by atoms with van der Waals surface area (Å²) in [5.74, 6) is -0.218. The Labute approximate surface area is 175 Å². The second-order valence-corrected chi connectivity index (χ2v) is 8.21. The number of carbonyl (C=O) groups excluding carboxylic acids is 1. The van der Waals surface area contributed by atoms with Crippen LogP contribution in [0.5, 0.6) is 0 Å². The molecular formula is C22H15ClN4OS. The lowest BCUT2D eigenvalue weighted by molar-refractivity contribution is -0.119. The molecule has 7 heteroatoms. The van der Waals surface area contributed by atoms with Crippen LogP contribution >= 0.6 is 22.9 Å². The topological polar surface area (TPSA) is 71.5 Å². The number of hydrogen-bond donors (Lipinski definition) is 1. The van der Waals surface area contributed by atoms with E-state index >= 15 is 0 Å². The Balaban J connectivity index is 1.55. The molecule has 0 aliphatic heterocycles. The van der Waals surface area contributed by atoms with Crippen LogP contribution in [0.4, 0.5) is 0 Å². The average Bonchev–Trinajstić information content (AvgIpc) is 3.39. The van der Waals surface area contributed by atoms with Crippen LogP contribution in [0, 0.1) is 0 Å². The van der Waals surface area contributed by atoms with Gasteiger partial charge in [-0.3, -0.25) is 4.79 Å². The maximum atomic E-state index is 13.4. The lowest BCUT2D eigenvalue weighted by Crippen LogP contribution is -2.18. The Morgan fingerprint density at radius 2 is 1.93 bits per heavy atom. The standard InChI is InChI=1S/C22H15ClN4OS/c23-16-7-8-20-17(11-16)18(12-29-20)21(22-24-26-27-25-22)19(28)10-13-5-6-14-3-1-2-4-15(14)9-13/h1-9,11-12,21H,10H2,(H,24,25,26,27). The molecule has 1 N–H and O–H groups in total. The molecule has 5 rings (SSSR count). The fourth-order valence-corrected chi connectivity index (χ4v) is 4.78. The summed E-state index contributed by atoms with van der Waals surface area (Å²) in [4.78, 5) is 13.4. The minimum Gasteiger partial charge on any atom is -0.298 e. The fraction of sp³-hybridized carbons (Fsp3) is 0.0909. The maximum Gasteiger partial charge on any atom is 0.189 e. The van der Waals surface area contributed by atoms with Crippen LogP contribution in [0.1, 0.15) is 22.9 Å². The molecule has 0 aliphatic carbocycles. The molecule has 0 bridgehead atoms. The highest BCUT2D eigenvalue weighted by molar-refractivity contribution is 7.17. The van der Waals surface area contributed by atoms with Crippen molar-refractivity contribution in [2.75, 3.05) is 0 Å². The highest BCUT2D eigenvalue weighted by Crippen LogP contribution is 2.36. The number of halogens is 1. The molecule has 29 heavy (non-hydrogen) atoms. The summed E-state index contributed by atoms with van der Waals surface area (Å²) >= 11 is 7.79. The third kappa shape index (κ3) is 3.41. The summed E-state index contributed by atoms with van der Waals surface area (Å²) in [7, 11) is 0. The Morgan fingerprint density at radius 1 is 1.07 bits per heavy atom. The van der Waals surface area contributed by atoms with Gasteiger partial charge in [-0.25, -0.2) is 0 Å². The first kappa shape index (κ1) is 18.0. The van der Waals surface area contributed by atoms with Crippen molar-refractivity contribution >= 4 is 49.6 Å². The average molecular weight is 419 g/mol. The Hall–Kier alpha value is -3.09. The van der Waals surface area contributed by atoms with Crippen molar-refractivity contribution < 1.29 is 4.79 Å². The van der Waals surface area contributed by atoms with Crippen LogP contribution in [0.3, 0.4) is 0 Å². The van der Waals surface area contributed by atoms with E-state index in [4.69, 9.17) is 11.6 Å². The van der Waals surface area contributed by atoms with E-state index in [9.17, 15) is 4.79 Å². The van der Waals surface area contributed by atoms with Gasteiger partial charge in [0.05, 0.1) is 0 Å². The molecule has 0 saturated carbocycles. The zero-order valence-corrected chi connectivity index (χ0v) is 16.7. The second kappa shape index (κ2) is 7.39.